The third kappa shape index (κ3) is 2.68. The monoisotopic (exact) mass is 184 g/mol. The van der Waals surface area contributed by atoms with Crippen LogP contribution in [0.2, 0.25) is 0 Å². The molecule has 1 rings (SSSR count). The Labute approximate surface area is 82.7 Å². The minimum Gasteiger partial charge on any atom is -0.317 e. The quantitative estimate of drug-likeness (QED) is 0.718. The normalized spacial score (nSPS) is 33.2. The Bertz CT molecular complexity index is 147. The summed E-state index contributed by atoms with van der Waals surface area (Å²) in [4.78, 5) is 2.62. The van der Waals surface area contributed by atoms with Crippen LogP contribution in [0.3, 0.4) is 0 Å². The maximum atomic E-state index is 3.40. The third-order valence-corrected chi connectivity index (χ3v) is 3.52. The van der Waals surface area contributed by atoms with Gasteiger partial charge in [-0.1, -0.05) is 13.8 Å². The van der Waals surface area contributed by atoms with Crippen molar-refractivity contribution in [2.45, 2.75) is 45.7 Å². The average Bonchev–Trinajstić information content (AvgIpc) is 2.16. The number of nitrogens with one attached hydrogen (secondary N) is 1. The van der Waals surface area contributed by atoms with Crippen molar-refractivity contribution in [1.29, 1.82) is 0 Å². The molecule has 1 aliphatic rings. The molecule has 3 unspecified atom stereocenters. The van der Waals surface area contributed by atoms with Crippen molar-refractivity contribution in [2.24, 2.45) is 5.92 Å². The van der Waals surface area contributed by atoms with Crippen molar-refractivity contribution in [3.05, 3.63) is 0 Å². The standard InChI is InChI=1S/C11H24N2/c1-5-10(3)13-7-6-11(12-4)9(2)8-13/h9-12H,5-8H2,1-4H3. The van der Waals surface area contributed by atoms with Crippen molar-refractivity contribution in [3.63, 3.8) is 0 Å². The van der Waals surface area contributed by atoms with Crippen molar-refractivity contribution >= 4 is 0 Å². The molecule has 0 radical (unpaired) electrons. The molecule has 0 spiro atoms. The van der Waals surface area contributed by atoms with Gasteiger partial charge in [0.25, 0.3) is 0 Å². The number of nitrogens with zero attached hydrogens (tertiary/aromatic N) is 1. The number of likely N-dealkylation sites (tertiary alicyclic amines) is 1. The van der Waals surface area contributed by atoms with E-state index in [1.807, 2.05) is 0 Å². The first-order valence-electron chi connectivity index (χ1n) is 5.60. The largest absolute Gasteiger partial charge is 0.317 e. The molecule has 0 aromatic rings. The first kappa shape index (κ1) is 11.0. The lowest BCUT2D eigenvalue weighted by Crippen LogP contribution is -2.49. The number of hydrogen-bond acceptors (Lipinski definition) is 2. The van der Waals surface area contributed by atoms with E-state index in [9.17, 15) is 0 Å². The van der Waals surface area contributed by atoms with E-state index in [2.05, 4.69) is 38.0 Å². The van der Waals surface area contributed by atoms with E-state index >= 15 is 0 Å². The fourth-order valence-electron chi connectivity index (χ4n) is 2.27. The van der Waals surface area contributed by atoms with E-state index in [4.69, 9.17) is 0 Å². The minimum absolute atomic E-state index is 0.736. The van der Waals surface area contributed by atoms with E-state index in [1.54, 1.807) is 0 Å². The van der Waals surface area contributed by atoms with E-state index in [1.165, 1.54) is 25.9 Å². The molecule has 3 atom stereocenters. The second kappa shape index (κ2) is 4.97. The predicted octanol–water partition coefficient (Wildman–Crippen LogP) is 1.71. The van der Waals surface area contributed by atoms with Crippen LogP contribution in [0.15, 0.2) is 0 Å². The SMILES string of the molecule is CCC(C)N1CCC(NC)C(C)C1. The Kier molecular flexibility index (Phi) is 4.20. The Hall–Kier alpha value is -0.0800. The van der Waals surface area contributed by atoms with Gasteiger partial charge in [0.05, 0.1) is 0 Å². The lowest BCUT2D eigenvalue weighted by molar-refractivity contribution is 0.112. The zero-order valence-corrected chi connectivity index (χ0v) is 9.51. The van der Waals surface area contributed by atoms with Gasteiger partial charge in [0.1, 0.15) is 0 Å². The molecular weight excluding hydrogens is 160 g/mol. The Balaban J connectivity index is 2.40. The summed E-state index contributed by atoms with van der Waals surface area (Å²) in [5, 5.41) is 3.40. The average molecular weight is 184 g/mol. The van der Waals surface area contributed by atoms with Crippen LogP contribution in [0.4, 0.5) is 0 Å². The molecule has 0 aromatic heterocycles. The van der Waals surface area contributed by atoms with Crippen LogP contribution in [0.1, 0.15) is 33.6 Å². The molecule has 0 aromatic carbocycles. The number of piperidine rings is 1. The predicted molar refractivity (Wildman–Crippen MR) is 58.0 cm³/mol. The summed E-state index contributed by atoms with van der Waals surface area (Å²) in [6, 6.07) is 1.50. The van der Waals surface area contributed by atoms with Crippen molar-refractivity contribution in [3.8, 4) is 0 Å². The van der Waals surface area contributed by atoms with E-state index in [-0.39, 0.29) is 0 Å². The van der Waals surface area contributed by atoms with Gasteiger partial charge in [-0.15, -0.1) is 0 Å². The second-order valence-electron chi connectivity index (χ2n) is 4.41. The molecule has 0 bridgehead atoms. The van der Waals surface area contributed by atoms with E-state index in [0.717, 1.165) is 18.0 Å². The smallest absolute Gasteiger partial charge is 0.0114 e. The van der Waals surface area contributed by atoms with Crippen LogP contribution in [-0.2, 0) is 0 Å². The first-order valence-corrected chi connectivity index (χ1v) is 5.60. The fraction of sp³-hybridized carbons (Fsp3) is 1.00. The van der Waals surface area contributed by atoms with E-state index < -0.39 is 0 Å². The molecular formula is C11H24N2. The molecule has 0 saturated carbocycles. The summed E-state index contributed by atoms with van der Waals surface area (Å²) in [5.41, 5.74) is 0. The molecule has 0 amide bonds. The second-order valence-corrected chi connectivity index (χ2v) is 4.41. The van der Waals surface area contributed by atoms with Gasteiger partial charge in [0.15, 0.2) is 0 Å². The highest BCUT2D eigenvalue weighted by Gasteiger charge is 2.26. The molecule has 0 aliphatic carbocycles. The van der Waals surface area contributed by atoms with Crippen molar-refractivity contribution in [2.75, 3.05) is 20.1 Å². The molecule has 1 N–H and O–H groups in total. The first-order chi connectivity index (χ1) is 6.19. The lowest BCUT2D eigenvalue weighted by atomic mass is 9.93. The Morgan fingerprint density at radius 2 is 2.23 bits per heavy atom. The fourth-order valence-corrected chi connectivity index (χ4v) is 2.27. The summed E-state index contributed by atoms with van der Waals surface area (Å²) < 4.78 is 0. The highest BCUT2D eigenvalue weighted by molar-refractivity contribution is 4.83. The van der Waals surface area contributed by atoms with Crippen LogP contribution in [-0.4, -0.2) is 37.1 Å². The summed E-state index contributed by atoms with van der Waals surface area (Å²) >= 11 is 0. The van der Waals surface area contributed by atoms with Crippen LogP contribution < -0.4 is 5.32 Å². The van der Waals surface area contributed by atoms with Crippen molar-refractivity contribution < 1.29 is 0 Å². The zero-order chi connectivity index (χ0) is 9.84. The molecule has 2 heteroatoms. The van der Waals surface area contributed by atoms with Gasteiger partial charge in [0, 0.05) is 18.6 Å². The summed E-state index contributed by atoms with van der Waals surface area (Å²) in [5.74, 6) is 0.799. The number of hydrogen-bond donors (Lipinski definition) is 1. The topological polar surface area (TPSA) is 15.3 Å². The van der Waals surface area contributed by atoms with Crippen LogP contribution in [0, 0.1) is 5.92 Å². The molecule has 1 fully saturated rings. The van der Waals surface area contributed by atoms with E-state index in [0.29, 0.717) is 0 Å². The molecule has 13 heavy (non-hydrogen) atoms. The summed E-state index contributed by atoms with van der Waals surface area (Å²) in [7, 11) is 2.08. The maximum Gasteiger partial charge on any atom is 0.0114 e. The molecule has 2 nitrogen and oxygen atoms in total. The molecule has 1 heterocycles. The molecule has 78 valence electrons. The van der Waals surface area contributed by atoms with Crippen LogP contribution in [0.5, 0.6) is 0 Å². The third-order valence-electron chi connectivity index (χ3n) is 3.52. The van der Waals surface area contributed by atoms with Gasteiger partial charge in [-0.2, -0.15) is 0 Å². The zero-order valence-electron chi connectivity index (χ0n) is 9.51. The van der Waals surface area contributed by atoms with Gasteiger partial charge < -0.3 is 10.2 Å². The maximum absolute atomic E-state index is 3.40. The van der Waals surface area contributed by atoms with Gasteiger partial charge in [-0.3, -0.25) is 0 Å². The summed E-state index contributed by atoms with van der Waals surface area (Å²) in [6.45, 7) is 9.51. The highest BCUT2D eigenvalue weighted by Crippen LogP contribution is 2.19. The van der Waals surface area contributed by atoms with Gasteiger partial charge in [0.2, 0.25) is 0 Å². The Morgan fingerprint density at radius 3 is 2.69 bits per heavy atom. The molecule has 1 saturated heterocycles. The van der Waals surface area contributed by atoms with Crippen molar-refractivity contribution in [1.82, 2.24) is 10.2 Å². The van der Waals surface area contributed by atoms with Crippen LogP contribution >= 0.6 is 0 Å². The summed E-state index contributed by atoms with van der Waals surface area (Å²) in [6.07, 6.45) is 2.58. The van der Waals surface area contributed by atoms with Gasteiger partial charge in [-0.05, 0) is 39.3 Å². The van der Waals surface area contributed by atoms with Crippen LogP contribution in [0.25, 0.3) is 0 Å². The number of rotatable bonds is 3. The Morgan fingerprint density at radius 1 is 1.54 bits per heavy atom. The minimum atomic E-state index is 0.736. The lowest BCUT2D eigenvalue weighted by Gasteiger charge is -2.39. The molecule has 1 aliphatic heterocycles. The van der Waals surface area contributed by atoms with Gasteiger partial charge in [-0.25, -0.2) is 0 Å². The highest BCUT2D eigenvalue weighted by atomic mass is 15.2. The van der Waals surface area contributed by atoms with Gasteiger partial charge >= 0.3 is 0 Å².